The lowest BCUT2D eigenvalue weighted by atomic mass is 10.1. The third-order valence-electron chi connectivity index (χ3n) is 4.66. The van der Waals surface area contributed by atoms with Crippen LogP contribution in [-0.4, -0.2) is 90.4 Å². The van der Waals surface area contributed by atoms with Crippen LogP contribution >= 0.6 is 24.0 Å². The fourth-order valence-electron chi connectivity index (χ4n) is 3.06. The minimum absolute atomic E-state index is 0. The van der Waals surface area contributed by atoms with E-state index in [0.717, 1.165) is 44.4 Å². The van der Waals surface area contributed by atoms with Crippen molar-refractivity contribution in [2.75, 3.05) is 59.9 Å². The summed E-state index contributed by atoms with van der Waals surface area (Å²) in [5.41, 5.74) is 0. The van der Waals surface area contributed by atoms with Crippen LogP contribution in [0.4, 0.5) is 0 Å². The molecule has 1 saturated heterocycles. The van der Waals surface area contributed by atoms with E-state index in [1.165, 1.54) is 26.2 Å². The number of aliphatic imine (C=N–C) groups is 1. The highest BCUT2D eigenvalue weighted by Gasteiger charge is 2.16. The third-order valence-corrected chi connectivity index (χ3v) is 4.66. The van der Waals surface area contributed by atoms with Gasteiger partial charge in [-0.2, -0.15) is 0 Å². The lowest BCUT2D eigenvalue weighted by molar-refractivity contribution is 0.139. The molecule has 0 radical (unpaired) electrons. The molecule has 8 nitrogen and oxygen atoms in total. The standard InChI is InChI=1S/C17H34N8.HI/c1-5-16-22-21-14-25(16)7-6-19-17(18-3)20-12-15(2)13-24-10-8-23(4)9-11-24;/h14-15H,5-13H2,1-4H3,(H2,18,19,20);1H. The number of aromatic nitrogens is 3. The first-order valence-corrected chi connectivity index (χ1v) is 9.34. The number of halogens is 1. The molecule has 1 fully saturated rings. The number of aryl methyl sites for hydroxylation is 1. The number of nitrogens with one attached hydrogen (secondary N) is 2. The van der Waals surface area contributed by atoms with Crippen molar-refractivity contribution in [3.05, 3.63) is 12.2 Å². The molecule has 1 aliphatic rings. The summed E-state index contributed by atoms with van der Waals surface area (Å²) in [6.45, 7) is 12.8. The Kier molecular flexibility index (Phi) is 11.1. The molecule has 26 heavy (non-hydrogen) atoms. The van der Waals surface area contributed by atoms with E-state index in [1.807, 2.05) is 7.05 Å². The summed E-state index contributed by atoms with van der Waals surface area (Å²) in [7, 11) is 4.01. The Labute approximate surface area is 174 Å². The Balaban J connectivity index is 0.00000338. The van der Waals surface area contributed by atoms with Crippen LogP contribution in [0.5, 0.6) is 0 Å². The van der Waals surface area contributed by atoms with Crippen molar-refractivity contribution in [2.24, 2.45) is 10.9 Å². The largest absolute Gasteiger partial charge is 0.356 e. The fraction of sp³-hybridized carbons (Fsp3) is 0.824. The number of likely N-dealkylation sites (N-methyl/N-ethyl adjacent to an activating group) is 1. The molecule has 2 N–H and O–H groups in total. The number of hydrogen-bond acceptors (Lipinski definition) is 5. The molecule has 1 unspecified atom stereocenters. The van der Waals surface area contributed by atoms with Crippen molar-refractivity contribution >= 4 is 29.9 Å². The van der Waals surface area contributed by atoms with Gasteiger partial charge in [0.25, 0.3) is 0 Å². The number of hydrogen-bond donors (Lipinski definition) is 2. The molecule has 0 aromatic carbocycles. The Morgan fingerprint density at radius 2 is 2.00 bits per heavy atom. The van der Waals surface area contributed by atoms with Gasteiger partial charge in [-0.15, -0.1) is 34.2 Å². The maximum atomic E-state index is 4.31. The lowest BCUT2D eigenvalue weighted by Crippen LogP contribution is -2.47. The van der Waals surface area contributed by atoms with Gasteiger partial charge in [0.2, 0.25) is 0 Å². The molecule has 9 heteroatoms. The first-order chi connectivity index (χ1) is 12.1. The van der Waals surface area contributed by atoms with E-state index >= 15 is 0 Å². The predicted molar refractivity (Wildman–Crippen MR) is 117 cm³/mol. The van der Waals surface area contributed by atoms with Crippen molar-refractivity contribution in [3.8, 4) is 0 Å². The molecule has 1 atom stereocenters. The third kappa shape index (κ3) is 7.75. The zero-order chi connectivity index (χ0) is 18.1. The number of guanidine groups is 1. The maximum Gasteiger partial charge on any atom is 0.191 e. The van der Waals surface area contributed by atoms with Gasteiger partial charge in [0.1, 0.15) is 12.2 Å². The van der Waals surface area contributed by atoms with E-state index in [1.54, 1.807) is 6.33 Å². The average molecular weight is 478 g/mol. The van der Waals surface area contributed by atoms with Crippen LogP contribution in [0.15, 0.2) is 11.3 Å². The molecule has 2 heterocycles. The minimum atomic E-state index is 0. The molecule has 0 aliphatic carbocycles. The van der Waals surface area contributed by atoms with Gasteiger partial charge in [-0.05, 0) is 13.0 Å². The summed E-state index contributed by atoms with van der Waals surface area (Å²) < 4.78 is 2.08. The van der Waals surface area contributed by atoms with Crippen LogP contribution in [0, 0.1) is 5.92 Å². The van der Waals surface area contributed by atoms with Crippen molar-refractivity contribution < 1.29 is 0 Å². The quantitative estimate of drug-likeness (QED) is 0.322. The Hall–Kier alpha value is -0.940. The van der Waals surface area contributed by atoms with Crippen LogP contribution in [0.3, 0.4) is 0 Å². The van der Waals surface area contributed by atoms with E-state index in [4.69, 9.17) is 0 Å². The summed E-state index contributed by atoms with van der Waals surface area (Å²) in [5.74, 6) is 2.47. The zero-order valence-corrected chi connectivity index (χ0v) is 18.9. The predicted octanol–water partition coefficient (Wildman–Crippen LogP) is 0.507. The Morgan fingerprint density at radius 1 is 1.27 bits per heavy atom. The first kappa shape index (κ1) is 23.1. The second kappa shape index (κ2) is 12.4. The maximum absolute atomic E-state index is 4.31. The van der Waals surface area contributed by atoms with Gasteiger partial charge >= 0.3 is 0 Å². The van der Waals surface area contributed by atoms with E-state index in [2.05, 4.69) is 61.1 Å². The summed E-state index contributed by atoms with van der Waals surface area (Å²) in [6.07, 6.45) is 2.69. The summed E-state index contributed by atoms with van der Waals surface area (Å²) in [5, 5.41) is 14.9. The van der Waals surface area contributed by atoms with Crippen LogP contribution in [0.1, 0.15) is 19.7 Å². The van der Waals surface area contributed by atoms with Crippen LogP contribution in [0.25, 0.3) is 0 Å². The molecule has 150 valence electrons. The van der Waals surface area contributed by atoms with Crippen LogP contribution < -0.4 is 10.6 Å². The SMILES string of the molecule is CCc1nncn1CCNC(=NC)NCC(C)CN1CCN(C)CC1.I. The number of nitrogens with zero attached hydrogens (tertiary/aromatic N) is 6. The van der Waals surface area contributed by atoms with Gasteiger partial charge in [-0.3, -0.25) is 4.99 Å². The molecule has 0 amide bonds. The summed E-state index contributed by atoms with van der Waals surface area (Å²) in [4.78, 5) is 9.26. The summed E-state index contributed by atoms with van der Waals surface area (Å²) in [6, 6.07) is 0. The van der Waals surface area contributed by atoms with E-state index in [9.17, 15) is 0 Å². The van der Waals surface area contributed by atoms with Crippen molar-refractivity contribution in [1.29, 1.82) is 0 Å². The molecule has 2 rings (SSSR count). The van der Waals surface area contributed by atoms with E-state index < -0.39 is 0 Å². The van der Waals surface area contributed by atoms with Gasteiger partial charge < -0.3 is 25.0 Å². The van der Waals surface area contributed by atoms with Gasteiger partial charge in [0, 0.05) is 65.8 Å². The van der Waals surface area contributed by atoms with Crippen molar-refractivity contribution in [3.63, 3.8) is 0 Å². The highest BCUT2D eigenvalue weighted by atomic mass is 127. The first-order valence-electron chi connectivity index (χ1n) is 9.34. The normalized spacial score (nSPS) is 17.6. The van der Waals surface area contributed by atoms with Gasteiger partial charge in [-0.25, -0.2) is 0 Å². The molecule has 1 aromatic heterocycles. The monoisotopic (exact) mass is 478 g/mol. The topological polar surface area (TPSA) is 73.6 Å². The van der Waals surface area contributed by atoms with Crippen LogP contribution in [-0.2, 0) is 13.0 Å². The number of rotatable bonds is 8. The zero-order valence-electron chi connectivity index (χ0n) is 16.6. The smallest absolute Gasteiger partial charge is 0.191 e. The average Bonchev–Trinajstić information content (AvgIpc) is 3.07. The lowest BCUT2D eigenvalue weighted by Gasteiger charge is -2.34. The molecule has 0 bridgehead atoms. The van der Waals surface area contributed by atoms with Gasteiger partial charge in [0.05, 0.1) is 0 Å². The fourth-order valence-corrected chi connectivity index (χ4v) is 3.06. The van der Waals surface area contributed by atoms with Gasteiger partial charge in [-0.1, -0.05) is 13.8 Å². The van der Waals surface area contributed by atoms with E-state index in [-0.39, 0.29) is 24.0 Å². The molecule has 0 spiro atoms. The van der Waals surface area contributed by atoms with Crippen LogP contribution in [0.2, 0.25) is 0 Å². The second-order valence-corrected chi connectivity index (χ2v) is 6.88. The second-order valence-electron chi connectivity index (χ2n) is 6.88. The van der Waals surface area contributed by atoms with Gasteiger partial charge in [0.15, 0.2) is 5.96 Å². The highest BCUT2D eigenvalue weighted by Crippen LogP contribution is 2.03. The van der Waals surface area contributed by atoms with Crippen molar-refractivity contribution in [1.82, 2.24) is 35.2 Å². The minimum Gasteiger partial charge on any atom is -0.356 e. The Morgan fingerprint density at radius 3 is 2.65 bits per heavy atom. The summed E-state index contributed by atoms with van der Waals surface area (Å²) >= 11 is 0. The molecule has 1 aliphatic heterocycles. The molecule has 1 aromatic rings. The molecule has 0 saturated carbocycles. The van der Waals surface area contributed by atoms with Crippen molar-refractivity contribution in [2.45, 2.75) is 26.8 Å². The molecular formula is C17H35IN8. The van der Waals surface area contributed by atoms with E-state index in [0.29, 0.717) is 5.92 Å². The number of piperazine rings is 1. The molecular weight excluding hydrogens is 443 g/mol. The Bertz CT molecular complexity index is 525. The highest BCUT2D eigenvalue weighted by molar-refractivity contribution is 14.0.